The largest absolute Gasteiger partial charge is 0.211 e. The fraction of sp³-hybridized carbons (Fsp3) is 0.889. The Bertz CT molecular complexity index is 366. The lowest BCUT2D eigenvalue weighted by atomic mass is 10.1. The molecule has 0 amide bonds. The van der Waals surface area contributed by atoms with Gasteiger partial charge in [0.2, 0.25) is 5.16 Å². The summed E-state index contributed by atoms with van der Waals surface area (Å²) in [7, 11) is 7.39. The van der Waals surface area contributed by atoms with Crippen molar-refractivity contribution >= 4 is 54.7 Å². The summed E-state index contributed by atoms with van der Waals surface area (Å²) in [6.07, 6.45) is 16.4. The van der Waals surface area contributed by atoms with Crippen LogP contribution in [0.25, 0.3) is 0 Å². The molecule has 0 aliphatic carbocycles. The fourth-order valence-electron chi connectivity index (χ4n) is 2.33. The van der Waals surface area contributed by atoms with Crippen molar-refractivity contribution < 1.29 is 0 Å². The van der Waals surface area contributed by atoms with E-state index < -0.39 is 0 Å². The average Bonchev–Trinajstić information content (AvgIpc) is 3.07. The van der Waals surface area contributed by atoms with Crippen molar-refractivity contribution in [3.8, 4) is 0 Å². The molecule has 1 aromatic heterocycles. The van der Waals surface area contributed by atoms with E-state index in [1.54, 1.807) is 33.1 Å². The Morgan fingerprint density at radius 1 is 0.680 bits per heavy atom. The van der Waals surface area contributed by atoms with Crippen LogP contribution in [0.2, 0.25) is 0 Å². The molecule has 0 fully saturated rings. The Hall–Kier alpha value is 0.960. The topological polar surface area (TPSA) is 25.8 Å². The van der Waals surface area contributed by atoms with Crippen LogP contribution in [0.3, 0.4) is 0 Å². The zero-order chi connectivity index (χ0) is 18.0. The fourth-order valence-corrected chi connectivity index (χ4v) is 7.54. The van der Waals surface area contributed by atoms with E-state index in [0.717, 1.165) is 9.50 Å². The minimum absolute atomic E-state index is 0.948. The van der Waals surface area contributed by atoms with Crippen LogP contribution in [0.4, 0.5) is 0 Å². The van der Waals surface area contributed by atoms with E-state index in [2.05, 4.69) is 23.2 Å². The zero-order valence-corrected chi connectivity index (χ0v) is 19.9. The molecule has 0 atom stereocenters. The third kappa shape index (κ3) is 14.7. The van der Waals surface area contributed by atoms with E-state index in [9.17, 15) is 0 Å². The van der Waals surface area contributed by atoms with Gasteiger partial charge in [-0.15, -0.1) is 0 Å². The van der Waals surface area contributed by atoms with Crippen LogP contribution >= 0.6 is 54.7 Å². The molecule has 0 saturated carbocycles. The van der Waals surface area contributed by atoms with Gasteiger partial charge in [-0.1, -0.05) is 99.6 Å². The maximum absolute atomic E-state index is 4.62. The molecule has 0 spiro atoms. The summed E-state index contributed by atoms with van der Waals surface area (Å²) in [6, 6.07) is 0. The van der Waals surface area contributed by atoms with Crippen LogP contribution in [0.1, 0.15) is 90.9 Å². The summed E-state index contributed by atoms with van der Waals surface area (Å²) in [6.45, 7) is 4.54. The van der Waals surface area contributed by atoms with Gasteiger partial charge in [-0.2, -0.15) is 4.37 Å². The summed E-state index contributed by atoms with van der Waals surface area (Å²) >= 11 is 1.55. The molecule has 2 nitrogen and oxygen atoms in total. The molecule has 0 aromatic carbocycles. The second kappa shape index (κ2) is 18.3. The van der Waals surface area contributed by atoms with Gasteiger partial charge in [0.15, 0.2) is 4.34 Å². The molecular formula is C18H34N2S5. The third-order valence-corrected chi connectivity index (χ3v) is 9.57. The highest BCUT2D eigenvalue weighted by molar-refractivity contribution is 8.77. The van der Waals surface area contributed by atoms with Gasteiger partial charge >= 0.3 is 0 Å². The molecule has 0 bridgehead atoms. The minimum atomic E-state index is 0.948. The third-order valence-electron chi connectivity index (χ3n) is 3.81. The second-order valence-corrected chi connectivity index (χ2v) is 12.0. The molecule has 1 rings (SSSR count). The first-order chi connectivity index (χ1) is 12.4. The Kier molecular flexibility index (Phi) is 17.6. The summed E-state index contributed by atoms with van der Waals surface area (Å²) in [5.74, 6) is 2.44. The molecule has 25 heavy (non-hydrogen) atoms. The van der Waals surface area contributed by atoms with Crippen molar-refractivity contribution in [1.82, 2.24) is 9.36 Å². The SMILES string of the molecule is CCCCCCCCSSc1nsc(SSCCCCCCCC)n1. The van der Waals surface area contributed by atoms with Gasteiger partial charge in [0.1, 0.15) is 0 Å². The van der Waals surface area contributed by atoms with Crippen LogP contribution in [0.5, 0.6) is 0 Å². The first kappa shape index (κ1) is 24.0. The highest BCUT2D eigenvalue weighted by atomic mass is 33.1. The van der Waals surface area contributed by atoms with Crippen LogP contribution < -0.4 is 0 Å². The second-order valence-electron chi connectivity index (χ2n) is 6.19. The van der Waals surface area contributed by atoms with Gasteiger partial charge < -0.3 is 0 Å². The number of hydrogen-bond donors (Lipinski definition) is 0. The Morgan fingerprint density at radius 3 is 1.80 bits per heavy atom. The van der Waals surface area contributed by atoms with E-state index in [0.29, 0.717) is 0 Å². The molecule has 1 heterocycles. The maximum Gasteiger partial charge on any atom is 0.211 e. The van der Waals surface area contributed by atoms with Crippen molar-refractivity contribution in [1.29, 1.82) is 0 Å². The van der Waals surface area contributed by atoms with Crippen molar-refractivity contribution in [2.24, 2.45) is 0 Å². The van der Waals surface area contributed by atoms with Gasteiger partial charge in [-0.05, 0) is 46.0 Å². The first-order valence-electron chi connectivity index (χ1n) is 9.79. The highest BCUT2D eigenvalue weighted by Crippen LogP contribution is 2.37. The van der Waals surface area contributed by atoms with Crippen LogP contribution in [0.15, 0.2) is 9.50 Å². The molecule has 146 valence electrons. The summed E-state index contributed by atoms with van der Waals surface area (Å²) in [5.41, 5.74) is 0. The predicted octanol–water partition coefficient (Wildman–Crippen LogP) is 8.74. The lowest BCUT2D eigenvalue weighted by molar-refractivity contribution is 0.627. The first-order valence-corrected chi connectivity index (χ1v) is 15.2. The molecule has 0 radical (unpaired) electrons. The number of nitrogens with zero attached hydrogens (tertiary/aromatic N) is 2. The van der Waals surface area contributed by atoms with Crippen molar-refractivity contribution in [3.05, 3.63) is 0 Å². The molecule has 7 heteroatoms. The van der Waals surface area contributed by atoms with E-state index in [1.165, 1.54) is 88.6 Å². The monoisotopic (exact) mass is 438 g/mol. The van der Waals surface area contributed by atoms with E-state index in [4.69, 9.17) is 0 Å². The number of rotatable bonds is 18. The molecular weight excluding hydrogens is 405 g/mol. The highest BCUT2D eigenvalue weighted by Gasteiger charge is 2.06. The summed E-state index contributed by atoms with van der Waals surface area (Å²) < 4.78 is 5.57. The minimum Gasteiger partial charge on any atom is -0.201 e. The van der Waals surface area contributed by atoms with Gasteiger partial charge in [-0.3, -0.25) is 0 Å². The van der Waals surface area contributed by atoms with Crippen molar-refractivity contribution in [2.75, 3.05) is 11.5 Å². The lowest BCUT2D eigenvalue weighted by Crippen LogP contribution is -1.81. The molecule has 0 saturated heterocycles. The summed E-state index contributed by atoms with van der Waals surface area (Å²) in [4.78, 5) is 4.62. The molecule has 0 aliphatic heterocycles. The Labute approximate surface area is 175 Å². The zero-order valence-electron chi connectivity index (χ0n) is 15.8. The number of hydrogen-bond acceptors (Lipinski definition) is 7. The average molecular weight is 439 g/mol. The molecule has 0 unspecified atom stereocenters. The summed E-state index contributed by atoms with van der Waals surface area (Å²) in [5, 5.41) is 0.948. The van der Waals surface area contributed by atoms with Crippen LogP contribution in [-0.2, 0) is 0 Å². The molecule has 0 aliphatic rings. The van der Waals surface area contributed by atoms with Crippen molar-refractivity contribution in [3.63, 3.8) is 0 Å². The number of aromatic nitrogens is 2. The van der Waals surface area contributed by atoms with Crippen molar-refractivity contribution in [2.45, 2.75) is 100 Å². The van der Waals surface area contributed by atoms with Gasteiger partial charge in [0.05, 0.1) is 0 Å². The Morgan fingerprint density at radius 2 is 1.20 bits per heavy atom. The van der Waals surface area contributed by atoms with Gasteiger partial charge in [0, 0.05) is 11.5 Å². The smallest absolute Gasteiger partial charge is 0.201 e. The van der Waals surface area contributed by atoms with Crippen LogP contribution in [-0.4, -0.2) is 20.9 Å². The molecule has 0 N–H and O–H groups in total. The quantitative estimate of drug-likeness (QED) is 0.168. The standard InChI is InChI=1S/C18H34N2S5/c1-3-5-7-9-11-13-15-21-24-17-19-18(23-20-17)25-22-16-14-12-10-8-6-4-2/h3-16H2,1-2H3. The number of unbranched alkanes of at least 4 members (excludes halogenated alkanes) is 10. The normalized spacial score (nSPS) is 11.3. The molecule has 1 aromatic rings. The maximum atomic E-state index is 4.62. The van der Waals surface area contributed by atoms with E-state index in [1.807, 2.05) is 21.6 Å². The Balaban J connectivity index is 1.93. The van der Waals surface area contributed by atoms with E-state index in [-0.39, 0.29) is 0 Å². The van der Waals surface area contributed by atoms with Gasteiger partial charge in [0.25, 0.3) is 0 Å². The van der Waals surface area contributed by atoms with Gasteiger partial charge in [-0.25, -0.2) is 4.98 Å². The van der Waals surface area contributed by atoms with Crippen LogP contribution in [0, 0.1) is 0 Å². The lowest BCUT2D eigenvalue weighted by Gasteiger charge is -2.00. The predicted molar refractivity (Wildman–Crippen MR) is 123 cm³/mol. The van der Waals surface area contributed by atoms with E-state index >= 15 is 0 Å².